The van der Waals surface area contributed by atoms with Crippen molar-refractivity contribution in [2.24, 2.45) is 5.73 Å². The zero-order valence-electron chi connectivity index (χ0n) is 15.1. The maximum absolute atomic E-state index is 11.6. The van der Waals surface area contributed by atoms with E-state index < -0.39 is 48.4 Å². The number of hydrogen-bond donors (Lipinski definition) is 1. The lowest BCUT2D eigenvalue weighted by molar-refractivity contribution is -0.765. The van der Waals surface area contributed by atoms with Crippen LogP contribution in [0.2, 0.25) is 0 Å². The molecule has 146 valence electrons. The number of rotatable bonds is 6. The lowest BCUT2D eigenvalue weighted by Gasteiger charge is -2.21. The molecule has 1 amide bonds. The molecule has 1 fully saturated rings. The Labute approximate surface area is 155 Å². The Hall–Kier alpha value is -3.01. The second-order valence-electron chi connectivity index (χ2n) is 5.92. The molecule has 1 aromatic rings. The first-order valence-electron chi connectivity index (χ1n) is 8.13. The van der Waals surface area contributed by atoms with Crippen molar-refractivity contribution in [1.29, 1.82) is 0 Å². The van der Waals surface area contributed by atoms with Gasteiger partial charge in [-0.15, -0.1) is 0 Å². The summed E-state index contributed by atoms with van der Waals surface area (Å²) in [4.78, 5) is 45.6. The average Bonchev–Trinajstić information content (AvgIpc) is 2.89. The highest BCUT2D eigenvalue weighted by Crippen LogP contribution is 2.31. The molecule has 1 saturated heterocycles. The molecule has 1 aromatic heterocycles. The molecule has 27 heavy (non-hydrogen) atoms. The molecule has 1 aliphatic rings. The molecule has 1 aliphatic heterocycles. The van der Waals surface area contributed by atoms with E-state index in [0.717, 1.165) is 0 Å². The van der Waals surface area contributed by atoms with E-state index in [9.17, 15) is 19.2 Å². The van der Waals surface area contributed by atoms with Gasteiger partial charge in [-0.2, -0.15) is 4.57 Å². The molecule has 4 atom stereocenters. The summed E-state index contributed by atoms with van der Waals surface area (Å²) in [7, 11) is 0. The SMILES string of the molecule is CC(=O)OC[C@H]1O[C@@H]([n+]2cccc(C(N)=O)c2)[C@@H](OC(C)=O)[C@H]1OC(C)=O. The van der Waals surface area contributed by atoms with E-state index in [1.807, 2.05) is 0 Å². The quantitative estimate of drug-likeness (QED) is 0.392. The fourth-order valence-electron chi connectivity index (χ4n) is 2.73. The third-order valence-corrected chi connectivity index (χ3v) is 3.74. The Morgan fingerprint density at radius 3 is 2.26 bits per heavy atom. The molecule has 2 rings (SSSR count). The third kappa shape index (κ3) is 5.23. The zero-order valence-corrected chi connectivity index (χ0v) is 15.1. The van der Waals surface area contributed by atoms with Gasteiger partial charge in [-0.25, -0.2) is 0 Å². The lowest BCUT2D eigenvalue weighted by Crippen LogP contribution is -2.48. The summed E-state index contributed by atoms with van der Waals surface area (Å²) in [5.74, 6) is -2.44. The van der Waals surface area contributed by atoms with Crippen molar-refractivity contribution in [1.82, 2.24) is 0 Å². The minimum Gasteiger partial charge on any atom is -0.463 e. The van der Waals surface area contributed by atoms with Crippen molar-refractivity contribution in [2.45, 2.75) is 45.3 Å². The Morgan fingerprint density at radius 1 is 1.07 bits per heavy atom. The van der Waals surface area contributed by atoms with Crippen LogP contribution in [0.4, 0.5) is 0 Å². The summed E-state index contributed by atoms with van der Waals surface area (Å²) < 4.78 is 22.8. The van der Waals surface area contributed by atoms with Crippen molar-refractivity contribution in [3.05, 3.63) is 30.1 Å². The van der Waals surface area contributed by atoms with Crippen LogP contribution in [0, 0.1) is 0 Å². The Balaban J connectivity index is 2.39. The van der Waals surface area contributed by atoms with Gasteiger partial charge in [-0.1, -0.05) is 0 Å². The van der Waals surface area contributed by atoms with E-state index in [1.54, 1.807) is 12.3 Å². The minimum absolute atomic E-state index is 0.204. The van der Waals surface area contributed by atoms with Crippen LogP contribution in [-0.2, 0) is 33.3 Å². The van der Waals surface area contributed by atoms with Gasteiger partial charge in [0.15, 0.2) is 18.5 Å². The van der Waals surface area contributed by atoms with Crippen LogP contribution in [0.3, 0.4) is 0 Å². The number of esters is 3. The molecule has 0 unspecified atom stereocenters. The number of carbonyl (C=O) groups is 4. The van der Waals surface area contributed by atoms with Gasteiger partial charge < -0.3 is 24.7 Å². The molecule has 0 aromatic carbocycles. The number of nitrogens with two attached hydrogens (primary N) is 1. The first kappa shape index (κ1) is 20.3. The van der Waals surface area contributed by atoms with Crippen LogP contribution in [-0.4, -0.2) is 48.7 Å². The van der Waals surface area contributed by atoms with Gasteiger partial charge in [0.05, 0.1) is 0 Å². The van der Waals surface area contributed by atoms with Gasteiger partial charge >= 0.3 is 24.1 Å². The number of ether oxygens (including phenoxy) is 4. The number of carbonyl (C=O) groups excluding carboxylic acids is 4. The second-order valence-corrected chi connectivity index (χ2v) is 5.92. The summed E-state index contributed by atoms with van der Waals surface area (Å²) in [5.41, 5.74) is 5.50. The molecule has 2 N–H and O–H groups in total. The van der Waals surface area contributed by atoms with E-state index in [1.165, 1.54) is 37.6 Å². The topological polar surface area (TPSA) is 135 Å². The van der Waals surface area contributed by atoms with Crippen LogP contribution in [0.25, 0.3) is 0 Å². The predicted octanol–water partition coefficient (Wildman–Crippen LogP) is -0.603. The highest BCUT2D eigenvalue weighted by atomic mass is 16.7. The van der Waals surface area contributed by atoms with Gasteiger partial charge in [-0.05, 0) is 6.07 Å². The number of hydrogen-bond acceptors (Lipinski definition) is 8. The van der Waals surface area contributed by atoms with Crippen molar-refractivity contribution < 1.29 is 42.7 Å². The molecule has 0 spiro atoms. The molecular weight excluding hydrogens is 360 g/mol. The molecule has 0 saturated carbocycles. The van der Waals surface area contributed by atoms with Crippen LogP contribution in [0.5, 0.6) is 0 Å². The van der Waals surface area contributed by atoms with Crippen LogP contribution in [0.1, 0.15) is 37.4 Å². The number of nitrogens with zero attached hydrogens (tertiary/aromatic N) is 1. The van der Waals surface area contributed by atoms with E-state index in [0.29, 0.717) is 0 Å². The van der Waals surface area contributed by atoms with Gasteiger partial charge in [-0.3, -0.25) is 19.2 Å². The number of pyridine rings is 1. The molecule has 0 radical (unpaired) electrons. The van der Waals surface area contributed by atoms with Crippen molar-refractivity contribution in [3.8, 4) is 0 Å². The fraction of sp³-hybridized carbons (Fsp3) is 0.471. The number of aromatic nitrogens is 1. The van der Waals surface area contributed by atoms with Gasteiger partial charge in [0, 0.05) is 26.8 Å². The fourth-order valence-corrected chi connectivity index (χ4v) is 2.73. The summed E-state index contributed by atoms with van der Waals surface area (Å²) in [6.07, 6.45) is -0.856. The summed E-state index contributed by atoms with van der Waals surface area (Å²) in [6, 6.07) is 3.07. The molecule has 0 bridgehead atoms. The van der Waals surface area contributed by atoms with Gasteiger partial charge in [0.1, 0.15) is 18.3 Å². The van der Waals surface area contributed by atoms with E-state index in [4.69, 9.17) is 24.7 Å². The molecule has 2 heterocycles. The monoisotopic (exact) mass is 381 g/mol. The highest BCUT2D eigenvalue weighted by Gasteiger charge is 2.54. The highest BCUT2D eigenvalue weighted by molar-refractivity contribution is 5.92. The van der Waals surface area contributed by atoms with Gasteiger partial charge in [0.25, 0.3) is 5.91 Å². The summed E-state index contributed by atoms with van der Waals surface area (Å²) >= 11 is 0. The van der Waals surface area contributed by atoms with E-state index in [-0.39, 0.29) is 12.2 Å². The van der Waals surface area contributed by atoms with E-state index >= 15 is 0 Å². The largest absolute Gasteiger partial charge is 0.463 e. The first-order valence-corrected chi connectivity index (χ1v) is 8.13. The molecule has 0 aliphatic carbocycles. The van der Waals surface area contributed by atoms with Crippen molar-refractivity contribution in [2.75, 3.05) is 6.61 Å². The maximum Gasteiger partial charge on any atom is 0.304 e. The Kier molecular flexibility index (Phi) is 6.45. The molecule has 10 heteroatoms. The third-order valence-electron chi connectivity index (χ3n) is 3.74. The van der Waals surface area contributed by atoms with Crippen molar-refractivity contribution in [3.63, 3.8) is 0 Å². The average molecular weight is 381 g/mol. The molecule has 10 nitrogen and oxygen atoms in total. The zero-order chi connectivity index (χ0) is 20.1. The van der Waals surface area contributed by atoms with E-state index in [2.05, 4.69) is 0 Å². The standard InChI is InChI=1S/C17H20N2O8/c1-9(20)24-8-13-14(25-10(2)21)15(26-11(3)22)17(27-13)19-6-4-5-12(7-19)16(18)23/h4-7,13-15,17H,8H2,1-3H3,(H-,18,23)/p+1/t13-,14+,15+,17-/m1/s1. The molecular formula is C17H21N2O8+. The van der Waals surface area contributed by atoms with Crippen LogP contribution < -0.4 is 10.3 Å². The smallest absolute Gasteiger partial charge is 0.304 e. The number of amides is 1. The Bertz CT molecular complexity index is 750. The van der Waals surface area contributed by atoms with Crippen LogP contribution in [0.15, 0.2) is 24.5 Å². The number of primary amides is 1. The lowest BCUT2D eigenvalue weighted by atomic mass is 10.1. The van der Waals surface area contributed by atoms with Gasteiger partial charge in [0.2, 0.25) is 6.10 Å². The minimum atomic E-state index is -1.03. The Morgan fingerprint density at radius 2 is 1.70 bits per heavy atom. The van der Waals surface area contributed by atoms with Crippen molar-refractivity contribution >= 4 is 23.8 Å². The summed E-state index contributed by atoms with van der Waals surface area (Å²) in [5, 5.41) is 0. The van der Waals surface area contributed by atoms with Crippen LogP contribution >= 0.6 is 0 Å². The summed E-state index contributed by atoms with van der Waals surface area (Å²) in [6.45, 7) is 3.41. The first-order chi connectivity index (χ1) is 12.7. The normalized spacial score (nSPS) is 24.1. The maximum atomic E-state index is 11.6. The predicted molar refractivity (Wildman–Crippen MR) is 86.8 cm³/mol. The second kappa shape index (κ2) is 8.58.